The van der Waals surface area contributed by atoms with Crippen molar-refractivity contribution in [2.75, 3.05) is 13.2 Å². The number of carbonyl (C=O) groups excluding carboxylic acids is 1. The third kappa shape index (κ3) is 44.5. The lowest BCUT2D eigenvalue weighted by Gasteiger charge is -2.40. The van der Waals surface area contributed by atoms with Crippen molar-refractivity contribution in [2.24, 2.45) is 0 Å². The first-order chi connectivity index (χ1) is 38.3. The predicted molar refractivity (Wildman–Crippen MR) is 328 cm³/mol. The molecule has 0 radical (unpaired) electrons. The molecule has 0 aromatic carbocycles. The molecule has 1 heterocycles. The molecule has 1 fully saturated rings. The van der Waals surface area contributed by atoms with Gasteiger partial charge in [-0.3, -0.25) is 4.79 Å². The Morgan fingerprint density at radius 2 is 0.795 bits per heavy atom. The fourth-order valence-electron chi connectivity index (χ4n) is 10.3. The number of amides is 1. The average Bonchev–Trinajstić information content (AvgIpc) is 3.44. The second-order valence-electron chi connectivity index (χ2n) is 23.0. The highest BCUT2D eigenvalue weighted by molar-refractivity contribution is 5.80. The van der Waals surface area contributed by atoms with Gasteiger partial charge in [0.15, 0.2) is 6.29 Å². The van der Waals surface area contributed by atoms with E-state index in [0.29, 0.717) is 19.3 Å². The second-order valence-corrected chi connectivity index (χ2v) is 23.0. The van der Waals surface area contributed by atoms with E-state index in [4.69, 9.17) is 9.47 Å². The summed E-state index contributed by atoms with van der Waals surface area (Å²) in [6, 6.07) is -1.01. The van der Waals surface area contributed by atoms with Crippen molar-refractivity contribution >= 4 is 5.91 Å². The van der Waals surface area contributed by atoms with Crippen molar-refractivity contribution in [2.45, 2.75) is 352 Å². The van der Waals surface area contributed by atoms with Crippen LogP contribution in [0.3, 0.4) is 0 Å². The normalized spacial score (nSPS) is 19.4. The number of hydrogen-bond acceptors (Lipinski definition) is 9. The van der Waals surface area contributed by atoms with E-state index in [1.807, 2.05) is 6.08 Å². The lowest BCUT2D eigenvalue weighted by atomic mass is 9.99. The number of aliphatic hydroxyl groups is 6. The highest BCUT2D eigenvalue weighted by Gasteiger charge is 2.44. The Morgan fingerprint density at radius 1 is 0.449 bits per heavy atom. The Hall–Kier alpha value is -2.15. The molecule has 1 amide bonds. The van der Waals surface area contributed by atoms with Gasteiger partial charge >= 0.3 is 0 Å². The first-order valence-corrected chi connectivity index (χ1v) is 33.1. The molecule has 0 saturated carbocycles. The van der Waals surface area contributed by atoms with Crippen LogP contribution >= 0.6 is 0 Å². The van der Waals surface area contributed by atoms with Crippen LogP contribution in [0.25, 0.3) is 0 Å². The topological polar surface area (TPSA) is 169 Å². The Labute approximate surface area is 479 Å². The summed E-state index contributed by atoms with van der Waals surface area (Å²) in [6.07, 6.45) is 67.9. The lowest BCUT2D eigenvalue weighted by Crippen LogP contribution is -2.60. The van der Waals surface area contributed by atoms with Gasteiger partial charge < -0.3 is 45.4 Å². The number of aliphatic hydroxyl groups excluding tert-OH is 6. The molecule has 0 bridgehead atoms. The van der Waals surface area contributed by atoms with Crippen LogP contribution in [0, 0.1) is 0 Å². The van der Waals surface area contributed by atoms with Crippen molar-refractivity contribution in [1.82, 2.24) is 5.32 Å². The van der Waals surface area contributed by atoms with Crippen LogP contribution in [-0.4, -0.2) is 98.7 Å². The standard InChI is InChI=1S/C68H125NO9/c1-3-5-7-9-11-13-15-17-19-21-22-23-24-25-26-27-28-29-30-31-32-33-34-35-36-37-38-39-41-43-45-47-49-51-53-55-57-62(72)67(76)69-60(59-77-68-66(75)65(74)64(73)63(58-70)78-68)61(71)56-54-52-50-48-46-44-42-40-20-18-16-14-12-10-8-6-4-2/h20,26-27,29-30,40,46,48,54,56,60-66,68,70-75H,3-19,21-25,28,31-39,41-45,47,49-53,55,57-59H2,1-2H3,(H,69,76)/b27-26-,30-29-,40-20+,48-46+,56-54+. The predicted octanol–water partition coefficient (Wildman–Crippen LogP) is 16.4. The van der Waals surface area contributed by atoms with Crippen LogP contribution in [0.2, 0.25) is 0 Å². The zero-order valence-electron chi connectivity index (χ0n) is 50.5. The van der Waals surface area contributed by atoms with Gasteiger partial charge in [-0.15, -0.1) is 0 Å². The van der Waals surface area contributed by atoms with Crippen molar-refractivity contribution in [1.29, 1.82) is 0 Å². The van der Waals surface area contributed by atoms with Gasteiger partial charge in [-0.05, 0) is 77.0 Å². The SMILES string of the molecule is CCCCCCCCC/C=C/CC/C=C/CC/C=C/C(O)C(COC1OC(CO)C(O)C(O)C1O)NC(=O)C(O)CCCCCCCCCCCCCCCCCC/C=C\C/C=C\CCCCCCCCCCCCCCC. The van der Waals surface area contributed by atoms with E-state index in [-0.39, 0.29) is 6.61 Å². The van der Waals surface area contributed by atoms with Crippen LogP contribution in [0.15, 0.2) is 60.8 Å². The Balaban J connectivity index is 2.15. The van der Waals surface area contributed by atoms with Gasteiger partial charge in [0, 0.05) is 0 Å². The van der Waals surface area contributed by atoms with E-state index in [1.165, 1.54) is 218 Å². The van der Waals surface area contributed by atoms with E-state index in [1.54, 1.807) is 6.08 Å². The maximum Gasteiger partial charge on any atom is 0.249 e. The first-order valence-electron chi connectivity index (χ1n) is 33.1. The molecule has 7 N–H and O–H groups in total. The lowest BCUT2D eigenvalue weighted by molar-refractivity contribution is -0.302. The summed E-state index contributed by atoms with van der Waals surface area (Å²) in [5, 5.41) is 65.1. The quantitative estimate of drug-likeness (QED) is 0.0232. The van der Waals surface area contributed by atoms with Crippen LogP contribution < -0.4 is 5.32 Å². The van der Waals surface area contributed by atoms with Gasteiger partial charge in [0.2, 0.25) is 5.91 Å². The molecule has 1 rings (SSSR count). The molecule has 0 aromatic heterocycles. The van der Waals surface area contributed by atoms with Crippen LogP contribution in [0.4, 0.5) is 0 Å². The van der Waals surface area contributed by atoms with Gasteiger partial charge in [0.05, 0.1) is 25.4 Å². The van der Waals surface area contributed by atoms with E-state index >= 15 is 0 Å². The molecule has 10 nitrogen and oxygen atoms in total. The molecule has 456 valence electrons. The maximum absolute atomic E-state index is 13.2. The molecule has 8 unspecified atom stereocenters. The Kier molecular flexibility index (Phi) is 53.7. The van der Waals surface area contributed by atoms with Crippen LogP contribution in [0.5, 0.6) is 0 Å². The smallest absolute Gasteiger partial charge is 0.249 e. The van der Waals surface area contributed by atoms with E-state index in [0.717, 1.165) is 51.4 Å². The summed E-state index contributed by atoms with van der Waals surface area (Å²) in [4.78, 5) is 13.2. The summed E-state index contributed by atoms with van der Waals surface area (Å²) in [5.74, 6) is -0.628. The number of hydrogen-bond donors (Lipinski definition) is 7. The molecule has 78 heavy (non-hydrogen) atoms. The third-order valence-corrected chi connectivity index (χ3v) is 15.7. The molecular formula is C68H125NO9. The molecule has 8 atom stereocenters. The number of unbranched alkanes of at least 4 members (excludes halogenated alkanes) is 38. The molecular weight excluding hydrogens is 975 g/mol. The van der Waals surface area contributed by atoms with Gasteiger partial charge in [0.25, 0.3) is 0 Å². The van der Waals surface area contributed by atoms with Crippen molar-refractivity contribution in [3.63, 3.8) is 0 Å². The monoisotopic (exact) mass is 1100 g/mol. The minimum absolute atomic E-state index is 0.300. The Bertz CT molecular complexity index is 1430. The van der Waals surface area contributed by atoms with Crippen molar-refractivity contribution < 1.29 is 44.9 Å². The zero-order valence-corrected chi connectivity index (χ0v) is 50.5. The number of allylic oxidation sites excluding steroid dienone is 9. The molecule has 0 spiro atoms. The summed E-state index contributed by atoms with van der Waals surface area (Å²) in [7, 11) is 0. The number of carbonyl (C=O) groups is 1. The first kappa shape index (κ1) is 73.9. The molecule has 0 aliphatic carbocycles. The number of ether oxygens (including phenoxy) is 2. The van der Waals surface area contributed by atoms with Gasteiger partial charge in [-0.1, -0.05) is 286 Å². The van der Waals surface area contributed by atoms with Crippen molar-refractivity contribution in [3.05, 3.63) is 60.8 Å². The number of rotatable bonds is 57. The van der Waals surface area contributed by atoms with Crippen molar-refractivity contribution in [3.8, 4) is 0 Å². The zero-order chi connectivity index (χ0) is 56.6. The maximum atomic E-state index is 13.2. The largest absolute Gasteiger partial charge is 0.394 e. The van der Waals surface area contributed by atoms with E-state index in [2.05, 4.69) is 67.8 Å². The molecule has 1 saturated heterocycles. The van der Waals surface area contributed by atoms with Gasteiger partial charge in [-0.25, -0.2) is 0 Å². The highest BCUT2D eigenvalue weighted by Crippen LogP contribution is 2.23. The molecule has 1 aliphatic rings. The highest BCUT2D eigenvalue weighted by atomic mass is 16.7. The van der Waals surface area contributed by atoms with E-state index in [9.17, 15) is 35.4 Å². The minimum atomic E-state index is -1.62. The molecule has 1 aliphatic heterocycles. The summed E-state index contributed by atoms with van der Waals surface area (Å²) in [5.41, 5.74) is 0. The van der Waals surface area contributed by atoms with Gasteiger partial charge in [-0.2, -0.15) is 0 Å². The van der Waals surface area contributed by atoms with Crippen LogP contribution in [0.1, 0.15) is 303 Å². The summed E-state index contributed by atoms with van der Waals surface area (Å²) < 4.78 is 11.2. The number of nitrogens with one attached hydrogen (secondary N) is 1. The van der Waals surface area contributed by atoms with Crippen LogP contribution in [-0.2, 0) is 14.3 Å². The van der Waals surface area contributed by atoms with E-state index < -0.39 is 61.5 Å². The fraction of sp³-hybridized carbons (Fsp3) is 0.838. The van der Waals surface area contributed by atoms with Gasteiger partial charge in [0.1, 0.15) is 30.5 Å². The Morgan fingerprint density at radius 3 is 1.19 bits per heavy atom. The second kappa shape index (κ2) is 56.7. The average molecular weight is 1100 g/mol. The fourth-order valence-corrected chi connectivity index (χ4v) is 10.3. The summed E-state index contributed by atoms with van der Waals surface area (Å²) in [6.45, 7) is 3.61. The molecule has 0 aromatic rings. The molecule has 10 heteroatoms. The third-order valence-electron chi connectivity index (χ3n) is 15.7. The summed E-state index contributed by atoms with van der Waals surface area (Å²) >= 11 is 0. The minimum Gasteiger partial charge on any atom is -0.394 e.